The number of hydrogen-bond acceptors (Lipinski definition) is 4. The Hall–Kier alpha value is -1.86. The molecule has 0 unspecified atom stereocenters. The Labute approximate surface area is 196 Å². The third-order valence-electron chi connectivity index (χ3n) is 5.14. The first-order chi connectivity index (χ1) is 15.4. The summed E-state index contributed by atoms with van der Waals surface area (Å²) in [5.74, 6) is -1.65. The van der Waals surface area contributed by atoms with Gasteiger partial charge < -0.3 is 9.80 Å². The van der Waals surface area contributed by atoms with E-state index in [2.05, 4.69) is 16.8 Å². The SMILES string of the molecule is CCCN(C)C=O.CCCN1CCCCC1.CCc1sc(-c2cccc(F)c2F)nc1C. The zero-order valence-corrected chi connectivity index (χ0v) is 21.1. The molecule has 1 fully saturated rings. The van der Waals surface area contributed by atoms with Crippen LogP contribution in [0.1, 0.15) is 63.4 Å². The second-order valence-corrected chi connectivity index (χ2v) is 9.05. The van der Waals surface area contributed by atoms with E-state index in [1.807, 2.05) is 20.8 Å². The van der Waals surface area contributed by atoms with Crippen LogP contribution >= 0.6 is 11.3 Å². The van der Waals surface area contributed by atoms with Crippen molar-refractivity contribution in [3.05, 3.63) is 40.4 Å². The molecule has 1 aliphatic rings. The van der Waals surface area contributed by atoms with Crippen molar-refractivity contribution in [2.45, 2.75) is 66.2 Å². The van der Waals surface area contributed by atoms with Gasteiger partial charge in [-0.3, -0.25) is 4.79 Å². The molecule has 1 saturated heterocycles. The summed E-state index contributed by atoms with van der Waals surface area (Å²) in [4.78, 5) is 19.4. The molecule has 1 aromatic heterocycles. The van der Waals surface area contributed by atoms with E-state index in [0.717, 1.165) is 42.4 Å². The van der Waals surface area contributed by atoms with Gasteiger partial charge in [0.2, 0.25) is 6.41 Å². The summed E-state index contributed by atoms with van der Waals surface area (Å²) < 4.78 is 26.6. The molecule has 0 atom stereocenters. The topological polar surface area (TPSA) is 36.4 Å². The van der Waals surface area contributed by atoms with E-state index in [-0.39, 0.29) is 5.56 Å². The number of carbonyl (C=O) groups is 1. The molecule has 32 heavy (non-hydrogen) atoms. The van der Waals surface area contributed by atoms with Crippen LogP contribution in [0, 0.1) is 18.6 Å². The smallest absolute Gasteiger partial charge is 0.209 e. The number of thiazole rings is 1. The maximum absolute atomic E-state index is 13.5. The average Bonchev–Trinajstić information content (AvgIpc) is 3.18. The average molecular weight is 468 g/mol. The summed E-state index contributed by atoms with van der Waals surface area (Å²) in [6, 6.07) is 4.16. The van der Waals surface area contributed by atoms with Crippen LogP contribution in [0.15, 0.2) is 18.2 Å². The lowest BCUT2D eigenvalue weighted by Gasteiger charge is -2.25. The fraction of sp³-hybridized carbons (Fsp3) is 0.600. The molecule has 0 N–H and O–H groups in total. The summed E-state index contributed by atoms with van der Waals surface area (Å²) >= 11 is 1.42. The predicted octanol–water partition coefficient (Wildman–Crippen LogP) is 6.33. The zero-order chi connectivity index (χ0) is 23.9. The molecule has 3 rings (SSSR count). The second kappa shape index (κ2) is 15.9. The largest absolute Gasteiger partial charge is 0.348 e. The van der Waals surface area contributed by atoms with Gasteiger partial charge in [0.15, 0.2) is 11.6 Å². The highest BCUT2D eigenvalue weighted by Gasteiger charge is 2.14. The van der Waals surface area contributed by atoms with Crippen LogP contribution in [0.3, 0.4) is 0 Å². The van der Waals surface area contributed by atoms with Crippen LogP contribution in [0.25, 0.3) is 10.6 Å². The number of hydrogen-bond donors (Lipinski definition) is 0. The van der Waals surface area contributed by atoms with Crippen molar-refractivity contribution in [3.63, 3.8) is 0 Å². The minimum Gasteiger partial charge on any atom is -0.348 e. The summed E-state index contributed by atoms with van der Waals surface area (Å²) in [5.41, 5.74) is 1.14. The lowest BCUT2D eigenvalue weighted by molar-refractivity contribution is -0.117. The molecule has 4 nitrogen and oxygen atoms in total. The molecule has 2 aromatic rings. The summed E-state index contributed by atoms with van der Waals surface area (Å²) in [7, 11) is 1.77. The van der Waals surface area contributed by atoms with Gasteiger partial charge in [0.25, 0.3) is 0 Å². The van der Waals surface area contributed by atoms with Crippen molar-refractivity contribution in [1.82, 2.24) is 14.8 Å². The number of likely N-dealkylation sites (tertiary alicyclic amines) is 1. The Morgan fingerprint density at radius 3 is 2.31 bits per heavy atom. The molecule has 0 spiro atoms. The number of aromatic nitrogens is 1. The van der Waals surface area contributed by atoms with E-state index in [0.29, 0.717) is 5.01 Å². The lowest BCUT2D eigenvalue weighted by Crippen LogP contribution is -2.30. The Morgan fingerprint density at radius 1 is 1.12 bits per heavy atom. The molecule has 180 valence electrons. The molecule has 0 aliphatic carbocycles. The number of carbonyl (C=O) groups excluding carboxylic acids is 1. The van der Waals surface area contributed by atoms with E-state index in [4.69, 9.17) is 0 Å². The van der Waals surface area contributed by atoms with Gasteiger partial charge in [-0.1, -0.05) is 33.3 Å². The van der Waals surface area contributed by atoms with Crippen molar-refractivity contribution in [2.75, 3.05) is 33.2 Å². The number of piperidine rings is 1. The first-order valence-corrected chi connectivity index (χ1v) is 12.5. The van der Waals surface area contributed by atoms with Crippen molar-refractivity contribution < 1.29 is 13.6 Å². The Balaban J connectivity index is 0.000000271. The third-order valence-corrected chi connectivity index (χ3v) is 6.48. The molecular formula is C25H39F2N3OS. The third kappa shape index (κ3) is 9.74. The molecule has 1 aromatic carbocycles. The van der Waals surface area contributed by atoms with E-state index in [1.165, 1.54) is 62.7 Å². The molecule has 0 radical (unpaired) electrons. The number of nitrogens with zero attached hydrogens (tertiary/aromatic N) is 3. The van der Waals surface area contributed by atoms with Crippen LogP contribution in [0.2, 0.25) is 0 Å². The van der Waals surface area contributed by atoms with Gasteiger partial charge in [-0.15, -0.1) is 11.3 Å². The maximum Gasteiger partial charge on any atom is 0.209 e. The minimum atomic E-state index is -0.830. The van der Waals surface area contributed by atoms with Gasteiger partial charge in [0.1, 0.15) is 5.01 Å². The van der Waals surface area contributed by atoms with Crippen LogP contribution in [0.5, 0.6) is 0 Å². The highest BCUT2D eigenvalue weighted by molar-refractivity contribution is 7.15. The molecule has 1 amide bonds. The molecule has 7 heteroatoms. The second-order valence-electron chi connectivity index (χ2n) is 7.97. The first-order valence-electron chi connectivity index (χ1n) is 11.7. The van der Waals surface area contributed by atoms with Crippen molar-refractivity contribution in [3.8, 4) is 10.6 Å². The minimum absolute atomic E-state index is 0.243. The summed E-state index contributed by atoms with van der Waals surface area (Å²) in [6.45, 7) is 13.1. The monoisotopic (exact) mass is 467 g/mol. The normalized spacial score (nSPS) is 13.5. The number of benzene rings is 1. The number of aryl methyl sites for hydroxylation is 2. The van der Waals surface area contributed by atoms with E-state index in [1.54, 1.807) is 18.0 Å². The van der Waals surface area contributed by atoms with Gasteiger partial charge >= 0.3 is 0 Å². The molecular weight excluding hydrogens is 428 g/mol. The highest BCUT2D eigenvalue weighted by Crippen LogP contribution is 2.30. The van der Waals surface area contributed by atoms with Gasteiger partial charge in [-0.25, -0.2) is 13.8 Å². The van der Waals surface area contributed by atoms with E-state index >= 15 is 0 Å². The van der Waals surface area contributed by atoms with E-state index in [9.17, 15) is 13.6 Å². The fourth-order valence-electron chi connectivity index (χ4n) is 3.44. The van der Waals surface area contributed by atoms with Gasteiger partial charge in [0, 0.05) is 24.0 Å². The van der Waals surface area contributed by atoms with Crippen molar-refractivity contribution >= 4 is 17.7 Å². The van der Waals surface area contributed by atoms with Crippen molar-refractivity contribution in [2.24, 2.45) is 0 Å². The fourth-order valence-corrected chi connectivity index (χ4v) is 4.47. The summed E-state index contributed by atoms with van der Waals surface area (Å²) in [6.07, 6.45) is 8.37. The number of rotatable bonds is 7. The van der Waals surface area contributed by atoms with Crippen molar-refractivity contribution in [1.29, 1.82) is 0 Å². The first kappa shape index (κ1) is 28.2. The van der Waals surface area contributed by atoms with Crippen LogP contribution in [-0.2, 0) is 11.2 Å². The van der Waals surface area contributed by atoms with Crippen LogP contribution < -0.4 is 0 Å². The van der Waals surface area contributed by atoms with Gasteiger partial charge in [-0.05, 0) is 70.8 Å². The van der Waals surface area contributed by atoms with Crippen LogP contribution in [-0.4, -0.2) is 54.4 Å². The quantitative estimate of drug-likeness (QED) is 0.447. The molecule has 1 aliphatic heterocycles. The lowest BCUT2D eigenvalue weighted by atomic mass is 10.1. The van der Waals surface area contributed by atoms with Gasteiger partial charge in [-0.2, -0.15) is 0 Å². The highest BCUT2D eigenvalue weighted by atomic mass is 32.1. The standard InChI is InChI=1S/C12H11F2NS.C8H17N.C5H11NO/c1-3-10-7(2)15-12(16-10)8-5-4-6-9(13)11(8)14;1-2-6-9-7-4-3-5-8-9;1-3-4-6(2)5-7/h4-6H,3H2,1-2H3;2-8H2,1H3;5H,3-4H2,1-2H3. The number of halogens is 2. The Kier molecular flexibility index (Phi) is 14.0. The summed E-state index contributed by atoms with van der Waals surface area (Å²) in [5, 5.41) is 0.548. The molecule has 2 heterocycles. The maximum atomic E-state index is 13.5. The number of amides is 1. The Morgan fingerprint density at radius 2 is 1.81 bits per heavy atom. The zero-order valence-electron chi connectivity index (χ0n) is 20.3. The van der Waals surface area contributed by atoms with Gasteiger partial charge in [0.05, 0.1) is 5.69 Å². The molecule has 0 saturated carbocycles. The molecule has 0 bridgehead atoms. The van der Waals surface area contributed by atoms with E-state index < -0.39 is 11.6 Å². The Bertz CT molecular complexity index is 789. The predicted molar refractivity (Wildman–Crippen MR) is 131 cm³/mol. The van der Waals surface area contributed by atoms with Crippen LogP contribution in [0.4, 0.5) is 8.78 Å².